The Balaban J connectivity index is 2.48. The third-order valence-corrected chi connectivity index (χ3v) is 4.22. The molecule has 0 aromatic rings. The van der Waals surface area contributed by atoms with Gasteiger partial charge in [-0.25, -0.2) is 17.1 Å². The third-order valence-electron chi connectivity index (χ3n) is 2.29. The molecule has 6 nitrogen and oxygen atoms in total. The predicted octanol–water partition coefficient (Wildman–Crippen LogP) is -0.112. The maximum Gasteiger partial charge on any atom is 0.240 e. The topological polar surface area (TPSA) is 71.0 Å². The second-order valence-electron chi connectivity index (χ2n) is 3.49. The Kier molecular flexibility index (Phi) is 2.56. The van der Waals surface area contributed by atoms with Crippen LogP contribution in [0.15, 0.2) is 28.0 Å². The van der Waals surface area contributed by atoms with Crippen molar-refractivity contribution in [3.63, 3.8) is 0 Å². The van der Waals surface area contributed by atoms with Crippen molar-refractivity contribution in [1.82, 2.24) is 9.79 Å². The van der Waals surface area contributed by atoms with Gasteiger partial charge in [0.15, 0.2) is 0 Å². The lowest BCUT2D eigenvalue weighted by atomic mass is 10.1. The lowest BCUT2D eigenvalue weighted by Crippen LogP contribution is -2.40. The highest BCUT2D eigenvalue weighted by Crippen LogP contribution is 2.26. The van der Waals surface area contributed by atoms with Crippen LogP contribution in [0.1, 0.15) is 0 Å². The molecule has 0 radical (unpaired) electrons. The Morgan fingerprint density at radius 2 is 2.19 bits per heavy atom. The van der Waals surface area contributed by atoms with Gasteiger partial charge in [-0.3, -0.25) is 4.94 Å². The lowest BCUT2D eigenvalue weighted by molar-refractivity contribution is 0.0664. The summed E-state index contributed by atoms with van der Waals surface area (Å²) >= 11 is 0. The minimum absolute atomic E-state index is 0.00940. The summed E-state index contributed by atoms with van der Waals surface area (Å²) in [5.74, 6) is -0.604. The first-order valence-corrected chi connectivity index (χ1v) is 5.88. The van der Waals surface area contributed by atoms with E-state index in [-0.39, 0.29) is 10.6 Å². The van der Waals surface area contributed by atoms with Gasteiger partial charge in [0.1, 0.15) is 17.6 Å². The van der Waals surface area contributed by atoms with Crippen LogP contribution in [0.25, 0.3) is 0 Å². The largest absolute Gasteiger partial charge is 0.298 e. The first-order chi connectivity index (χ1) is 7.44. The lowest BCUT2D eigenvalue weighted by Gasteiger charge is -2.20. The maximum absolute atomic E-state index is 13.3. The molecule has 0 spiro atoms. The fraction of sp³-hybridized carbons (Fsp3) is 0.375. The van der Waals surface area contributed by atoms with Gasteiger partial charge in [-0.2, -0.15) is 0 Å². The minimum Gasteiger partial charge on any atom is -0.298 e. The number of rotatable bonds is 2. The van der Waals surface area contributed by atoms with Gasteiger partial charge in [-0.1, -0.05) is 5.16 Å². The number of nitrogens with one attached hydrogen (secondary N) is 1. The molecule has 0 aromatic carbocycles. The summed E-state index contributed by atoms with van der Waals surface area (Å²) in [5.41, 5.74) is 2.29. The van der Waals surface area contributed by atoms with E-state index in [1.165, 1.54) is 20.2 Å². The summed E-state index contributed by atoms with van der Waals surface area (Å²) in [7, 11) is -0.817. The molecule has 1 aliphatic heterocycles. The summed E-state index contributed by atoms with van der Waals surface area (Å²) < 4.78 is 38.1. The van der Waals surface area contributed by atoms with Crippen LogP contribution in [0.5, 0.6) is 0 Å². The quantitative estimate of drug-likeness (QED) is 0.739. The predicted molar refractivity (Wildman–Crippen MR) is 55.3 cm³/mol. The van der Waals surface area contributed by atoms with E-state index in [1.807, 2.05) is 0 Å². The third kappa shape index (κ3) is 1.55. The summed E-state index contributed by atoms with van der Waals surface area (Å²) in [4.78, 5) is 4.51. The molecule has 16 heavy (non-hydrogen) atoms. The SMILES string of the molecule is CN(C)S(=O)(=O)C1=CC=C(F)C2=NON[C@@H]12. The average Bonchev–Trinajstić information content (AvgIpc) is 2.66. The van der Waals surface area contributed by atoms with Crippen LogP contribution < -0.4 is 5.48 Å². The van der Waals surface area contributed by atoms with Crippen molar-refractivity contribution in [3.8, 4) is 0 Å². The molecule has 0 fully saturated rings. The van der Waals surface area contributed by atoms with Crippen LogP contribution in [0.4, 0.5) is 4.39 Å². The van der Waals surface area contributed by atoms with Crippen molar-refractivity contribution in [1.29, 1.82) is 0 Å². The molecule has 8 heteroatoms. The molecule has 0 amide bonds. The number of oxime groups is 1. The molecular formula is C8H10FN3O3S. The molecule has 0 unspecified atom stereocenters. The molecule has 1 heterocycles. The number of allylic oxidation sites excluding steroid dienone is 2. The summed E-state index contributed by atoms with van der Waals surface area (Å²) in [6.07, 6.45) is 2.26. The zero-order chi connectivity index (χ0) is 11.9. The molecule has 1 N–H and O–H groups in total. The van der Waals surface area contributed by atoms with E-state index in [0.717, 1.165) is 10.4 Å². The van der Waals surface area contributed by atoms with Crippen LogP contribution >= 0.6 is 0 Å². The van der Waals surface area contributed by atoms with Crippen molar-refractivity contribution in [2.45, 2.75) is 6.04 Å². The van der Waals surface area contributed by atoms with Crippen LogP contribution in [-0.4, -0.2) is 38.6 Å². The van der Waals surface area contributed by atoms with E-state index in [9.17, 15) is 12.8 Å². The van der Waals surface area contributed by atoms with Gasteiger partial charge in [-0.05, 0) is 12.2 Å². The van der Waals surface area contributed by atoms with Crippen LogP contribution in [0.2, 0.25) is 0 Å². The van der Waals surface area contributed by atoms with Gasteiger partial charge < -0.3 is 0 Å². The molecule has 0 bridgehead atoms. The van der Waals surface area contributed by atoms with Crippen molar-refractivity contribution in [2.75, 3.05) is 14.1 Å². The molecule has 1 atom stereocenters. The average molecular weight is 247 g/mol. The number of halogens is 1. The molecule has 0 saturated carbocycles. The van der Waals surface area contributed by atoms with E-state index in [0.29, 0.717) is 0 Å². The number of hydroxylamine groups is 1. The first kappa shape index (κ1) is 11.2. The Morgan fingerprint density at radius 1 is 1.50 bits per heavy atom. The monoisotopic (exact) mass is 247 g/mol. The van der Waals surface area contributed by atoms with Gasteiger partial charge in [0.25, 0.3) is 0 Å². The second kappa shape index (κ2) is 3.65. The summed E-state index contributed by atoms with van der Waals surface area (Å²) in [5, 5.41) is 3.40. The smallest absolute Gasteiger partial charge is 0.240 e. The highest BCUT2D eigenvalue weighted by atomic mass is 32.2. The van der Waals surface area contributed by atoms with Crippen molar-refractivity contribution in [2.24, 2.45) is 5.16 Å². The van der Waals surface area contributed by atoms with E-state index in [2.05, 4.69) is 15.6 Å². The highest BCUT2D eigenvalue weighted by Gasteiger charge is 2.39. The van der Waals surface area contributed by atoms with Gasteiger partial charge in [0, 0.05) is 14.1 Å². The molecule has 0 saturated heterocycles. The molecule has 0 aromatic heterocycles. The van der Waals surface area contributed by atoms with Gasteiger partial charge in [-0.15, -0.1) is 5.48 Å². The number of hydrogen-bond donors (Lipinski definition) is 1. The van der Waals surface area contributed by atoms with Crippen molar-refractivity contribution in [3.05, 3.63) is 22.9 Å². The Labute approximate surface area is 92.1 Å². The van der Waals surface area contributed by atoms with Gasteiger partial charge in [0.05, 0.1) is 4.91 Å². The Morgan fingerprint density at radius 3 is 2.81 bits per heavy atom. The minimum atomic E-state index is -3.62. The molecule has 2 rings (SSSR count). The zero-order valence-corrected chi connectivity index (χ0v) is 9.45. The van der Waals surface area contributed by atoms with Crippen LogP contribution in [-0.2, 0) is 15.0 Å². The zero-order valence-electron chi connectivity index (χ0n) is 8.64. The van der Waals surface area contributed by atoms with Crippen molar-refractivity contribution >= 4 is 15.7 Å². The van der Waals surface area contributed by atoms with E-state index in [1.54, 1.807) is 0 Å². The molecular weight excluding hydrogens is 237 g/mol. The van der Waals surface area contributed by atoms with Crippen LogP contribution in [0.3, 0.4) is 0 Å². The van der Waals surface area contributed by atoms with Crippen molar-refractivity contribution < 1.29 is 17.7 Å². The summed E-state index contributed by atoms with van der Waals surface area (Å²) in [6.45, 7) is 0. The normalized spacial score (nSPS) is 24.5. The highest BCUT2D eigenvalue weighted by molar-refractivity contribution is 7.93. The molecule has 2 aliphatic rings. The van der Waals surface area contributed by atoms with Gasteiger partial charge >= 0.3 is 0 Å². The Hall–Kier alpha value is -1.25. The fourth-order valence-electron chi connectivity index (χ4n) is 1.39. The maximum atomic E-state index is 13.3. The molecule has 1 aliphatic carbocycles. The van der Waals surface area contributed by atoms with E-state index in [4.69, 9.17) is 0 Å². The number of sulfonamides is 1. The number of hydrogen-bond acceptors (Lipinski definition) is 5. The van der Waals surface area contributed by atoms with Gasteiger partial charge in [0.2, 0.25) is 10.0 Å². The summed E-state index contributed by atoms with van der Waals surface area (Å²) in [6, 6.07) is -0.877. The fourth-order valence-corrected chi connectivity index (χ4v) is 2.51. The van der Waals surface area contributed by atoms with Crippen LogP contribution in [0, 0.1) is 0 Å². The van der Waals surface area contributed by atoms with E-state index < -0.39 is 21.9 Å². The number of nitrogens with zero attached hydrogens (tertiary/aromatic N) is 2. The number of fused-ring (bicyclic) bond motifs is 1. The Bertz CT molecular complexity index is 507. The molecule has 88 valence electrons. The standard InChI is InChI=1S/C8H10FN3O3S/c1-12(2)16(13,14)6-4-3-5(9)7-8(6)11-15-10-7/h3-4,8,11H,1-2H3/t8-/m0/s1. The van der Waals surface area contributed by atoms with E-state index >= 15 is 0 Å². The second-order valence-corrected chi connectivity index (χ2v) is 5.64. The first-order valence-electron chi connectivity index (χ1n) is 4.44.